The van der Waals surface area contributed by atoms with Gasteiger partial charge in [0.05, 0.1) is 22.5 Å². The topological polar surface area (TPSA) is 91.7 Å². The Kier molecular flexibility index (Phi) is 6.58. The number of nitrogens with one attached hydrogen (secondary N) is 1. The Bertz CT molecular complexity index is 1150. The highest BCUT2D eigenvalue weighted by atomic mass is 32.2. The average Bonchev–Trinajstić information content (AvgIpc) is 2.75. The van der Waals surface area contributed by atoms with Crippen LogP contribution < -0.4 is 9.73 Å². The van der Waals surface area contributed by atoms with Crippen LogP contribution in [0.2, 0.25) is 0 Å². The van der Waals surface area contributed by atoms with E-state index in [4.69, 9.17) is 0 Å². The van der Waals surface area contributed by atoms with Gasteiger partial charge in [0.2, 0.25) is 0 Å². The lowest BCUT2D eigenvalue weighted by Gasteiger charge is -2.24. The van der Waals surface area contributed by atoms with E-state index in [1.54, 1.807) is 54.7 Å². The lowest BCUT2D eigenvalue weighted by molar-refractivity contribution is -0.119. The van der Waals surface area contributed by atoms with E-state index in [0.29, 0.717) is 11.4 Å². The van der Waals surface area contributed by atoms with E-state index >= 15 is 0 Å². The van der Waals surface area contributed by atoms with Crippen molar-refractivity contribution in [2.75, 3.05) is 10.8 Å². The van der Waals surface area contributed by atoms with Gasteiger partial charge >= 0.3 is 0 Å². The van der Waals surface area contributed by atoms with Crippen LogP contribution in [-0.4, -0.2) is 32.1 Å². The van der Waals surface area contributed by atoms with E-state index in [0.717, 1.165) is 15.4 Å². The number of rotatable bonds is 7. The average molecular weight is 423 g/mol. The van der Waals surface area contributed by atoms with Crippen molar-refractivity contribution < 1.29 is 13.2 Å². The van der Waals surface area contributed by atoms with Crippen LogP contribution in [0.1, 0.15) is 16.8 Å². The number of anilines is 1. The molecular formula is C22H22N4O3S. The van der Waals surface area contributed by atoms with Crippen molar-refractivity contribution in [3.63, 3.8) is 0 Å². The molecule has 0 aliphatic carbocycles. The lowest BCUT2D eigenvalue weighted by atomic mass is 10.1. The van der Waals surface area contributed by atoms with Crippen molar-refractivity contribution in [1.82, 2.24) is 10.4 Å². The first-order valence-corrected chi connectivity index (χ1v) is 10.7. The van der Waals surface area contributed by atoms with E-state index < -0.39 is 22.5 Å². The number of carbonyl (C=O) groups excluding carboxylic acids is 1. The van der Waals surface area contributed by atoms with Crippen molar-refractivity contribution in [1.29, 1.82) is 0 Å². The van der Waals surface area contributed by atoms with Crippen LogP contribution in [0, 0.1) is 13.8 Å². The summed E-state index contributed by atoms with van der Waals surface area (Å²) in [6.45, 7) is 3.41. The fraction of sp³-hybridized carbons (Fsp3) is 0.136. The molecule has 1 heterocycles. The summed E-state index contributed by atoms with van der Waals surface area (Å²) in [6, 6.07) is 18.6. The zero-order valence-corrected chi connectivity index (χ0v) is 17.5. The molecule has 154 valence electrons. The predicted molar refractivity (Wildman–Crippen MR) is 117 cm³/mol. The van der Waals surface area contributed by atoms with E-state index in [-0.39, 0.29) is 4.90 Å². The maximum Gasteiger partial charge on any atom is 0.264 e. The fourth-order valence-electron chi connectivity index (χ4n) is 2.70. The molecule has 0 unspecified atom stereocenters. The lowest BCUT2D eigenvalue weighted by Crippen LogP contribution is -2.39. The Morgan fingerprint density at radius 1 is 1.03 bits per heavy atom. The number of hydrogen-bond donors (Lipinski definition) is 1. The molecule has 1 N–H and O–H groups in total. The van der Waals surface area contributed by atoms with Gasteiger partial charge < -0.3 is 0 Å². The number of carbonyl (C=O) groups is 1. The van der Waals surface area contributed by atoms with Crippen molar-refractivity contribution in [3.8, 4) is 0 Å². The van der Waals surface area contributed by atoms with Crippen molar-refractivity contribution in [2.45, 2.75) is 18.7 Å². The molecule has 3 rings (SSSR count). The van der Waals surface area contributed by atoms with Crippen molar-refractivity contribution in [2.24, 2.45) is 5.10 Å². The van der Waals surface area contributed by atoms with Gasteiger partial charge in [0, 0.05) is 6.20 Å². The third kappa shape index (κ3) is 5.09. The van der Waals surface area contributed by atoms with Crippen LogP contribution in [0.3, 0.4) is 0 Å². The number of pyridine rings is 1. The van der Waals surface area contributed by atoms with Crippen LogP contribution in [0.5, 0.6) is 0 Å². The quantitative estimate of drug-likeness (QED) is 0.468. The Labute approximate surface area is 176 Å². The smallest absolute Gasteiger partial charge is 0.264 e. The molecule has 0 atom stereocenters. The van der Waals surface area contributed by atoms with Crippen LogP contribution >= 0.6 is 0 Å². The number of aromatic nitrogens is 1. The summed E-state index contributed by atoms with van der Waals surface area (Å²) in [4.78, 5) is 16.7. The molecule has 2 aromatic carbocycles. The summed E-state index contributed by atoms with van der Waals surface area (Å²) < 4.78 is 27.6. The number of hydrazone groups is 1. The molecule has 0 aliphatic rings. The van der Waals surface area contributed by atoms with Gasteiger partial charge in [0.15, 0.2) is 0 Å². The molecule has 0 radical (unpaired) electrons. The molecule has 1 aromatic heterocycles. The van der Waals surface area contributed by atoms with Gasteiger partial charge in [0.1, 0.15) is 6.54 Å². The van der Waals surface area contributed by atoms with E-state index in [2.05, 4.69) is 15.5 Å². The minimum absolute atomic E-state index is 0.105. The zero-order valence-electron chi connectivity index (χ0n) is 16.7. The first-order chi connectivity index (χ1) is 14.4. The molecule has 3 aromatic rings. The van der Waals surface area contributed by atoms with Crippen molar-refractivity contribution in [3.05, 3.63) is 89.7 Å². The monoisotopic (exact) mass is 422 g/mol. The standard InChI is InChI=1S/C22H22N4O3S/c1-17-11-12-20(14-18(17)2)26(30(28,29)21-9-4-3-5-10-21)16-22(27)25-24-15-19-8-6-7-13-23-19/h3-15H,16H2,1-2H3,(H,25,27)/b24-15-. The van der Waals surface area contributed by atoms with E-state index in [1.807, 2.05) is 19.9 Å². The second-order valence-corrected chi connectivity index (χ2v) is 8.50. The summed E-state index contributed by atoms with van der Waals surface area (Å²) in [6.07, 6.45) is 3.00. The maximum atomic E-state index is 13.3. The van der Waals surface area contributed by atoms with Gasteiger partial charge in [-0.2, -0.15) is 5.10 Å². The highest BCUT2D eigenvalue weighted by Gasteiger charge is 2.27. The fourth-order valence-corrected chi connectivity index (χ4v) is 4.14. The zero-order chi connectivity index (χ0) is 21.6. The minimum atomic E-state index is -3.95. The van der Waals surface area contributed by atoms with Crippen LogP contribution in [0.4, 0.5) is 5.69 Å². The van der Waals surface area contributed by atoms with Gasteiger partial charge in [-0.05, 0) is 61.4 Å². The molecule has 7 nitrogen and oxygen atoms in total. The molecule has 30 heavy (non-hydrogen) atoms. The highest BCUT2D eigenvalue weighted by Crippen LogP contribution is 2.25. The van der Waals surface area contributed by atoms with Gasteiger partial charge in [-0.15, -0.1) is 0 Å². The molecule has 0 spiro atoms. The molecule has 0 saturated carbocycles. The summed E-state index contributed by atoms with van der Waals surface area (Å²) >= 11 is 0. The van der Waals surface area contributed by atoms with Gasteiger partial charge in [-0.3, -0.25) is 14.1 Å². The largest absolute Gasteiger partial charge is 0.271 e. The van der Waals surface area contributed by atoms with Gasteiger partial charge in [-0.25, -0.2) is 13.8 Å². The van der Waals surface area contributed by atoms with Crippen LogP contribution in [0.25, 0.3) is 0 Å². The second-order valence-electron chi connectivity index (χ2n) is 6.64. The molecule has 0 saturated heterocycles. The number of nitrogens with zero attached hydrogens (tertiary/aromatic N) is 3. The Morgan fingerprint density at radius 2 is 1.77 bits per heavy atom. The van der Waals surface area contributed by atoms with E-state index in [1.165, 1.54) is 18.3 Å². The second kappa shape index (κ2) is 9.32. The van der Waals surface area contributed by atoms with E-state index in [9.17, 15) is 13.2 Å². The number of aryl methyl sites for hydroxylation is 2. The summed E-state index contributed by atoms with van der Waals surface area (Å²) in [7, 11) is -3.95. The van der Waals surface area contributed by atoms with Crippen LogP contribution in [0.15, 0.2) is 82.9 Å². The summed E-state index contributed by atoms with van der Waals surface area (Å²) in [5, 5.41) is 3.87. The first kappa shape index (κ1) is 21.2. The number of hydrogen-bond acceptors (Lipinski definition) is 5. The normalized spacial score (nSPS) is 11.4. The number of amides is 1. The van der Waals surface area contributed by atoms with Gasteiger partial charge in [0.25, 0.3) is 15.9 Å². The third-order valence-corrected chi connectivity index (χ3v) is 6.26. The third-order valence-electron chi connectivity index (χ3n) is 4.47. The van der Waals surface area contributed by atoms with Gasteiger partial charge in [-0.1, -0.05) is 30.3 Å². The summed E-state index contributed by atoms with van der Waals surface area (Å²) in [5.41, 5.74) is 5.30. The highest BCUT2D eigenvalue weighted by molar-refractivity contribution is 7.92. The Hall–Kier alpha value is -3.52. The minimum Gasteiger partial charge on any atom is -0.271 e. The predicted octanol–water partition coefficient (Wildman–Crippen LogP) is 3.04. The SMILES string of the molecule is Cc1ccc(N(CC(=O)N/N=C\c2ccccn2)S(=O)(=O)c2ccccc2)cc1C. The molecular weight excluding hydrogens is 400 g/mol. The molecule has 8 heteroatoms. The number of sulfonamides is 1. The Balaban J connectivity index is 1.87. The van der Waals surface area contributed by atoms with Crippen molar-refractivity contribution >= 4 is 27.8 Å². The van der Waals surface area contributed by atoms with Crippen LogP contribution in [-0.2, 0) is 14.8 Å². The maximum absolute atomic E-state index is 13.3. The summed E-state index contributed by atoms with van der Waals surface area (Å²) in [5.74, 6) is -0.570. The Morgan fingerprint density at radius 3 is 2.43 bits per heavy atom. The first-order valence-electron chi connectivity index (χ1n) is 9.26. The molecule has 0 bridgehead atoms. The molecule has 0 aliphatic heterocycles. The number of benzene rings is 2. The molecule has 0 fully saturated rings. The molecule has 1 amide bonds.